The van der Waals surface area contributed by atoms with E-state index in [1.54, 1.807) is 31.2 Å². The minimum absolute atomic E-state index is 0.176. The molecule has 2 aliphatic heterocycles. The molecule has 1 aromatic carbocycles. The number of methoxy groups -OCH3 is 1. The second-order valence-corrected chi connectivity index (χ2v) is 7.34. The molecule has 3 aromatic rings. The molecule has 0 bridgehead atoms. The van der Waals surface area contributed by atoms with Crippen molar-refractivity contribution in [1.82, 2.24) is 19.7 Å². The number of amides is 1. The van der Waals surface area contributed by atoms with Gasteiger partial charge in [-0.3, -0.25) is 4.79 Å². The van der Waals surface area contributed by atoms with Crippen LogP contribution in [0.4, 0.5) is 16.0 Å². The van der Waals surface area contributed by atoms with E-state index in [1.807, 2.05) is 6.92 Å². The third-order valence-corrected chi connectivity index (χ3v) is 5.45. The van der Waals surface area contributed by atoms with Crippen LogP contribution in [0.5, 0.6) is 5.88 Å². The molecule has 5 rings (SSSR count). The maximum Gasteiger partial charge on any atom is 0.245 e. The van der Waals surface area contributed by atoms with Gasteiger partial charge in [0.1, 0.15) is 17.3 Å². The van der Waals surface area contributed by atoms with Crippen molar-refractivity contribution < 1.29 is 18.7 Å². The van der Waals surface area contributed by atoms with E-state index in [0.29, 0.717) is 46.8 Å². The molecular formula is C21H19FN6O3. The number of aromatic nitrogens is 4. The molecule has 1 amide bonds. The average Bonchev–Trinajstić information content (AvgIpc) is 3.37. The fourth-order valence-corrected chi connectivity index (χ4v) is 3.84. The summed E-state index contributed by atoms with van der Waals surface area (Å²) in [6.45, 7) is 4.13. The highest BCUT2D eigenvalue weighted by Crippen LogP contribution is 2.48. The summed E-state index contributed by atoms with van der Waals surface area (Å²) in [7, 11) is 1.51. The second-order valence-electron chi connectivity index (χ2n) is 7.34. The van der Waals surface area contributed by atoms with Gasteiger partial charge in [-0.25, -0.2) is 19.0 Å². The van der Waals surface area contributed by atoms with E-state index in [9.17, 15) is 9.18 Å². The summed E-state index contributed by atoms with van der Waals surface area (Å²) in [6, 6.07) is 8.13. The maximum absolute atomic E-state index is 14.1. The molecule has 31 heavy (non-hydrogen) atoms. The number of benzene rings is 1. The Morgan fingerprint density at radius 2 is 2.06 bits per heavy atom. The molecule has 0 spiro atoms. The third-order valence-electron chi connectivity index (χ3n) is 5.45. The predicted octanol–water partition coefficient (Wildman–Crippen LogP) is 2.83. The molecule has 2 aromatic heterocycles. The zero-order chi connectivity index (χ0) is 21.8. The largest absolute Gasteiger partial charge is 0.481 e. The lowest BCUT2D eigenvalue weighted by Gasteiger charge is -2.18. The van der Waals surface area contributed by atoms with Gasteiger partial charge in [0.15, 0.2) is 17.1 Å². The summed E-state index contributed by atoms with van der Waals surface area (Å²) in [5.74, 6) is 1.15. The number of halogens is 1. The van der Waals surface area contributed by atoms with Gasteiger partial charge in [-0.05, 0) is 19.9 Å². The number of aliphatic imine (C=N–C) groups is 1. The van der Waals surface area contributed by atoms with E-state index in [-0.39, 0.29) is 24.1 Å². The normalized spacial score (nSPS) is 18.6. The van der Waals surface area contributed by atoms with Gasteiger partial charge in [-0.1, -0.05) is 18.2 Å². The number of ether oxygens (including phenoxy) is 2. The SMILES string of the molecule is CCOC1=Nc2nc(-c3cc(OC)n(Cc4ccccc4F)n3)nc3c2C1(C)C(=O)N3. The van der Waals surface area contributed by atoms with Gasteiger partial charge in [0, 0.05) is 11.6 Å². The summed E-state index contributed by atoms with van der Waals surface area (Å²) < 4.78 is 26.6. The van der Waals surface area contributed by atoms with E-state index >= 15 is 0 Å². The maximum atomic E-state index is 14.1. The van der Waals surface area contributed by atoms with Crippen molar-refractivity contribution in [3.05, 3.63) is 47.3 Å². The standard InChI is InChI=1S/C21H19FN6O3/c1-4-31-20-21(2)15-17(25-19(21)29)23-16(24-18(15)26-20)13-9-14(30-3)28(27-13)10-11-7-5-6-8-12(11)22/h5-9H,4,10H2,1-3H3,(H,23,24,25,29). The molecule has 9 nitrogen and oxygen atoms in total. The Hall–Kier alpha value is -3.82. The number of anilines is 1. The molecule has 0 saturated carbocycles. The smallest absolute Gasteiger partial charge is 0.245 e. The van der Waals surface area contributed by atoms with E-state index < -0.39 is 5.41 Å². The first-order chi connectivity index (χ1) is 15.0. The Bertz CT molecular complexity index is 1250. The van der Waals surface area contributed by atoms with Crippen molar-refractivity contribution >= 4 is 23.4 Å². The van der Waals surface area contributed by atoms with Crippen LogP contribution >= 0.6 is 0 Å². The molecular weight excluding hydrogens is 403 g/mol. The van der Waals surface area contributed by atoms with Gasteiger partial charge in [0.25, 0.3) is 0 Å². The number of carbonyl (C=O) groups excluding carboxylic acids is 1. The molecule has 0 fully saturated rings. The quantitative estimate of drug-likeness (QED) is 0.678. The number of carbonyl (C=O) groups is 1. The van der Waals surface area contributed by atoms with Crippen LogP contribution in [-0.4, -0.2) is 45.3 Å². The Labute approximate surface area is 176 Å². The van der Waals surface area contributed by atoms with Gasteiger partial charge in [-0.2, -0.15) is 10.1 Å². The lowest BCUT2D eigenvalue weighted by Crippen LogP contribution is -2.38. The molecule has 10 heteroatoms. The zero-order valence-electron chi connectivity index (χ0n) is 17.1. The van der Waals surface area contributed by atoms with Crippen LogP contribution in [0.3, 0.4) is 0 Å². The van der Waals surface area contributed by atoms with Crippen LogP contribution in [-0.2, 0) is 21.5 Å². The minimum Gasteiger partial charge on any atom is -0.481 e. The van der Waals surface area contributed by atoms with Crippen LogP contribution in [0.2, 0.25) is 0 Å². The minimum atomic E-state index is -1.04. The number of hydrogen-bond acceptors (Lipinski definition) is 7. The number of hydrogen-bond donors (Lipinski definition) is 1. The lowest BCUT2D eigenvalue weighted by atomic mass is 9.86. The first-order valence-corrected chi connectivity index (χ1v) is 9.77. The van der Waals surface area contributed by atoms with Crippen LogP contribution in [0.25, 0.3) is 11.5 Å². The number of nitrogens with one attached hydrogen (secondary N) is 1. The number of rotatable bonds is 5. The second kappa shape index (κ2) is 6.86. The van der Waals surface area contributed by atoms with Crippen molar-refractivity contribution in [3.63, 3.8) is 0 Å². The van der Waals surface area contributed by atoms with Crippen molar-refractivity contribution in [2.75, 3.05) is 19.0 Å². The Kier molecular flexibility index (Phi) is 4.24. The highest BCUT2D eigenvalue weighted by molar-refractivity contribution is 6.23. The lowest BCUT2D eigenvalue weighted by molar-refractivity contribution is -0.118. The molecule has 158 valence electrons. The molecule has 0 saturated heterocycles. The molecule has 4 heterocycles. The number of nitrogens with zero attached hydrogens (tertiary/aromatic N) is 5. The molecule has 1 unspecified atom stereocenters. The molecule has 0 aliphatic carbocycles. The monoisotopic (exact) mass is 422 g/mol. The van der Waals surface area contributed by atoms with Gasteiger partial charge in [-0.15, -0.1) is 0 Å². The van der Waals surface area contributed by atoms with Crippen molar-refractivity contribution in [3.8, 4) is 17.4 Å². The van der Waals surface area contributed by atoms with Crippen LogP contribution < -0.4 is 10.1 Å². The predicted molar refractivity (Wildman–Crippen MR) is 110 cm³/mol. The Morgan fingerprint density at radius 3 is 2.81 bits per heavy atom. The highest BCUT2D eigenvalue weighted by atomic mass is 19.1. The van der Waals surface area contributed by atoms with Crippen LogP contribution in [0, 0.1) is 5.82 Å². The van der Waals surface area contributed by atoms with Crippen LogP contribution in [0.15, 0.2) is 35.3 Å². The summed E-state index contributed by atoms with van der Waals surface area (Å²) >= 11 is 0. The average molecular weight is 422 g/mol. The summed E-state index contributed by atoms with van der Waals surface area (Å²) in [5, 5.41) is 7.30. The highest BCUT2D eigenvalue weighted by Gasteiger charge is 2.55. The molecule has 0 radical (unpaired) electrons. The Morgan fingerprint density at radius 1 is 1.26 bits per heavy atom. The van der Waals surface area contributed by atoms with Gasteiger partial charge in [0.2, 0.25) is 17.7 Å². The Balaban J connectivity index is 1.57. The summed E-state index contributed by atoms with van der Waals surface area (Å²) in [5.41, 5.74) is 0.441. The van der Waals surface area contributed by atoms with Crippen molar-refractivity contribution in [2.45, 2.75) is 25.8 Å². The van der Waals surface area contributed by atoms with Gasteiger partial charge < -0.3 is 14.8 Å². The zero-order valence-corrected chi connectivity index (χ0v) is 17.1. The fourth-order valence-electron chi connectivity index (χ4n) is 3.84. The third kappa shape index (κ3) is 2.78. The van der Waals surface area contributed by atoms with E-state index in [4.69, 9.17) is 9.47 Å². The van der Waals surface area contributed by atoms with E-state index in [2.05, 4.69) is 25.4 Å². The van der Waals surface area contributed by atoms with Crippen molar-refractivity contribution in [1.29, 1.82) is 0 Å². The summed E-state index contributed by atoms with van der Waals surface area (Å²) in [6.07, 6.45) is 0. The summed E-state index contributed by atoms with van der Waals surface area (Å²) in [4.78, 5) is 26.1. The van der Waals surface area contributed by atoms with Crippen LogP contribution in [0.1, 0.15) is 25.0 Å². The first-order valence-electron chi connectivity index (χ1n) is 9.77. The molecule has 2 aliphatic rings. The molecule has 1 atom stereocenters. The topological polar surface area (TPSA) is 104 Å². The molecule has 1 N–H and O–H groups in total. The van der Waals surface area contributed by atoms with Crippen molar-refractivity contribution in [2.24, 2.45) is 4.99 Å². The van der Waals surface area contributed by atoms with E-state index in [1.165, 1.54) is 17.9 Å². The van der Waals surface area contributed by atoms with Gasteiger partial charge >= 0.3 is 0 Å². The fraction of sp³-hybridized carbons (Fsp3) is 0.286. The van der Waals surface area contributed by atoms with Gasteiger partial charge in [0.05, 0.1) is 25.8 Å². The first kappa shape index (κ1) is 19.2. The van der Waals surface area contributed by atoms with E-state index in [0.717, 1.165) is 0 Å².